The van der Waals surface area contributed by atoms with Crippen LogP contribution in [0.1, 0.15) is 17.5 Å². The zero-order valence-electron chi connectivity index (χ0n) is 11.7. The van der Waals surface area contributed by atoms with Gasteiger partial charge in [-0.1, -0.05) is 12.1 Å². The molecule has 0 aliphatic heterocycles. The number of amides is 1. The molecule has 1 aromatic carbocycles. The number of carbonyl (C=O) groups excluding carboxylic acids is 1. The van der Waals surface area contributed by atoms with Crippen molar-refractivity contribution in [1.29, 1.82) is 0 Å². The summed E-state index contributed by atoms with van der Waals surface area (Å²) in [7, 11) is 1.54. The summed E-state index contributed by atoms with van der Waals surface area (Å²) in [6.07, 6.45) is -3.75. The van der Waals surface area contributed by atoms with Gasteiger partial charge in [0, 0.05) is 19.7 Å². The average molecular weight is 304 g/mol. The van der Waals surface area contributed by atoms with E-state index >= 15 is 0 Å². The predicted molar refractivity (Wildman–Crippen MR) is 72.6 cm³/mol. The van der Waals surface area contributed by atoms with Gasteiger partial charge in [0.15, 0.2) is 0 Å². The Labute approximate surface area is 121 Å². The predicted octanol–water partition coefficient (Wildman–Crippen LogP) is 1.73. The van der Waals surface area contributed by atoms with Crippen LogP contribution in [-0.4, -0.2) is 32.2 Å². The van der Waals surface area contributed by atoms with Gasteiger partial charge in [-0.25, -0.2) is 0 Å². The van der Waals surface area contributed by atoms with Crippen molar-refractivity contribution in [2.45, 2.75) is 25.1 Å². The Hall–Kier alpha value is -1.60. The number of ether oxygens (including phenoxy) is 1. The Balaban J connectivity index is 2.38. The van der Waals surface area contributed by atoms with E-state index in [1.54, 1.807) is 7.11 Å². The zero-order valence-corrected chi connectivity index (χ0v) is 11.7. The van der Waals surface area contributed by atoms with Crippen LogP contribution >= 0.6 is 0 Å². The molecule has 1 rings (SSSR count). The van der Waals surface area contributed by atoms with E-state index in [1.807, 2.05) is 0 Å². The van der Waals surface area contributed by atoms with E-state index in [4.69, 9.17) is 10.5 Å². The van der Waals surface area contributed by atoms with Crippen LogP contribution in [0.4, 0.5) is 13.2 Å². The number of rotatable bonds is 7. The summed E-state index contributed by atoms with van der Waals surface area (Å²) in [4.78, 5) is 11.6. The highest BCUT2D eigenvalue weighted by Gasteiger charge is 2.29. The number of alkyl halides is 3. The van der Waals surface area contributed by atoms with Crippen LogP contribution in [0.25, 0.3) is 0 Å². The summed E-state index contributed by atoms with van der Waals surface area (Å²) < 4.78 is 42.0. The molecule has 0 radical (unpaired) electrons. The van der Waals surface area contributed by atoms with Crippen LogP contribution in [0.15, 0.2) is 24.3 Å². The molecule has 1 unspecified atom stereocenters. The standard InChI is InChI=1S/C14H19F3N2O2/c1-21-9-12(18)6-7-19-13(20)8-10-2-4-11(5-3-10)14(15,16)17/h2-5,12H,6-9,18H2,1H3,(H,19,20). The highest BCUT2D eigenvalue weighted by Crippen LogP contribution is 2.29. The maximum Gasteiger partial charge on any atom is 0.416 e. The quantitative estimate of drug-likeness (QED) is 0.806. The topological polar surface area (TPSA) is 64.3 Å². The molecule has 0 aliphatic rings. The first kappa shape index (κ1) is 17.5. The second kappa shape index (κ2) is 7.99. The number of carbonyl (C=O) groups is 1. The molecule has 0 aromatic heterocycles. The SMILES string of the molecule is COCC(N)CCNC(=O)Cc1ccc(C(F)(F)F)cc1. The molecule has 0 fully saturated rings. The third-order valence-corrected chi connectivity index (χ3v) is 2.86. The normalized spacial score (nSPS) is 13.0. The summed E-state index contributed by atoms with van der Waals surface area (Å²) in [5, 5.41) is 2.67. The van der Waals surface area contributed by atoms with Crippen molar-refractivity contribution in [2.75, 3.05) is 20.3 Å². The molecule has 118 valence electrons. The van der Waals surface area contributed by atoms with Gasteiger partial charge in [0.1, 0.15) is 0 Å². The third-order valence-electron chi connectivity index (χ3n) is 2.86. The van der Waals surface area contributed by atoms with E-state index < -0.39 is 11.7 Å². The number of methoxy groups -OCH3 is 1. The zero-order chi connectivity index (χ0) is 15.9. The summed E-state index contributed by atoms with van der Waals surface area (Å²) in [5.41, 5.74) is 5.50. The highest BCUT2D eigenvalue weighted by molar-refractivity contribution is 5.78. The van der Waals surface area contributed by atoms with Crippen molar-refractivity contribution < 1.29 is 22.7 Å². The van der Waals surface area contributed by atoms with Crippen LogP contribution in [-0.2, 0) is 22.1 Å². The second-order valence-corrected chi connectivity index (χ2v) is 4.73. The fourth-order valence-corrected chi connectivity index (χ4v) is 1.75. The summed E-state index contributed by atoms with van der Waals surface area (Å²) in [6, 6.07) is 4.40. The summed E-state index contributed by atoms with van der Waals surface area (Å²) >= 11 is 0. The summed E-state index contributed by atoms with van der Waals surface area (Å²) in [6.45, 7) is 0.818. The molecule has 1 atom stereocenters. The van der Waals surface area contributed by atoms with Crippen molar-refractivity contribution in [3.63, 3.8) is 0 Å². The van der Waals surface area contributed by atoms with Crippen molar-refractivity contribution in [3.05, 3.63) is 35.4 Å². The monoisotopic (exact) mass is 304 g/mol. The van der Waals surface area contributed by atoms with E-state index in [0.29, 0.717) is 25.1 Å². The lowest BCUT2D eigenvalue weighted by atomic mass is 10.1. The molecular weight excluding hydrogens is 285 g/mol. The summed E-state index contributed by atoms with van der Waals surface area (Å²) in [5.74, 6) is -0.251. The van der Waals surface area contributed by atoms with Crippen molar-refractivity contribution >= 4 is 5.91 Å². The Morgan fingerprint density at radius 2 is 1.95 bits per heavy atom. The molecule has 4 nitrogen and oxygen atoms in total. The molecule has 0 heterocycles. The Bertz CT molecular complexity index is 447. The fourth-order valence-electron chi connectivity index (χ4n) is 1.75. The lowest BCUT2D eigenvalue weighted by Gasteiger charge is -2.11. The van der Waals surface area contributed by atoms with E-state index in [0.717, 1.165) is 12.1 Å². The van der Waals surface area contributed by atoms with Crippen molar-refractivity contribution in [3.8, 4) is 0 Å². The molecule has 0 spiro atoms. The van der Waals surface area contributed by atoms with Gasteiger partial charge in [0.2, 0.25) is 5.91 Å². The first-order valence-electron chi connectivity index (χ1n) is 6.50. The maximum atomic E-state index is 12.4. The van der Waals surface area contributed by atoms with Crippen LogP contribution in [0, 0.1) is 0 Å². The van der Waals surface area contributed by atoms with E-state index in [-0.39, 0.29) is 18.4 Å². The van der Waals surface area contributed by atoms with Gasteiger partial charge in [0.05, 0.1) is 18.6 Å². The van der Waals surface area contributed by atoms with Gasteiger partial charge in [0.25, 0.3) is 0 Å². The van der Waals surface area contributed by atoms with Gasteiger partial charge in [-0.05, 0) is 24.1 Å². The van der Waals surface area contributed by atoms with Gasteiger partial charge in [-0.2, -0.15) is 13.2 Å². The van der Waals surface area contributed by atoms with E-state index in [1.165, 1.54) is 12.1 Å². The van der Waals surface area contributed by atoms with Crippen molar-refractivity contribution in [2.24, 2.45) is 5.73 Å². The molecule has 0 aliphatic carbocycles. The third kappa shape index (κ3) is 6.59. The van der Waals surface area contributed by atoms with Crippen LogP contribution < -0.4 is 11.1 Å². The number of halogens is 3. The molecule has 3 N–H and O–H groups in total. The Morgan fingerprint density at radius 3 is 2.48 bits per heavy atom. The molecule has 0 saturated carbocycles. The van der Waals surface area contributed by atoms with Crippen LogP contribution in [0.2, 0.25) is 0 Å². The second-order valence-electron chi connectivity index (χ2n) is 4.73. The Kier molecular flexibility index (Phi) is 6.64. The lowest BCUT2D eigenvalue weighted by Crippen LogP contribution is -2.33. The molecule has 21 heavy (non-hydrogen) atoms. The van der Waals surface area contributed by atoms with Gasteiger partial charge in [-0.15, -0.1) is 0 Å². The van der Waals surface area contributed by atoms with E-state index in [2.05, 4.69) is 5.32 Å². The van der Waals surface area contributed by atoms with Crippen LogP contribution in [0.3, 0.4) is 0 Å². The smallest absolute Gasteiger partial charge is 0.383 e. The number of hydrogen-bond donors (Lipinski definition) is 2. The molecular formula is C14H19F3N2O2. The molecule has 0 saturated heterocycles. The number of nitrogens with one attached hydrogen (secondary N) is 1. The van der Waals surface area contributed by atoms with Crippen LogP contribution in [0.5, 0.6) is 0 Å². The minimum absolute atomic E-state index is 0.0393. The largest absolute Gasteiger partial charge is 0.416 e. The number of hydrogen-bond acceptors (Lipinski definition) is 3. The van der Waals surface area contributed by atoms with Crippen molar-refractivity contribution in [1.82, 2.24) is 5.32 Å². The molecule has 1 aromatic rings. The first-order chi connectivity index (χ1) is 9.82. The molecule has 1 amide bonds. The lowest BCUT2D eigenvalue weighted by molar-refractivity contribution is -0.137. The molecule has 0 bridgehead atoms. The molecule has 7 heteroatoms. The first-order valence-corrected chi connectivity index (χ1v) is 6.50. The maximum absolute atomic E-state index is 12.4. The van der Waals surface area contributed by atoms with E-state index in [9.17, 15) is 18.0 Å². The minimum Gasteiger partial charge on any atom is -0.383 e. The minimum atomic E-state index is -4.36. The van der Waals surface area contributed by atoms with Gasteiger partial charge < -0.3 is 15.8 Å². The van der Waals surface area contributed by atoms with Gasteiger partial charge in [-0.3, -0.25) is 4.79 Å². The number of benzene rings is 1. The number of nitrogens with two attached hydrogens (primary N) is 1. The highest BCUT2D eigenvalue weighted by atomic mass is 19.4. The fraction of sp³-hybridized carbons (Fsp3) is 0.500. The van der Waals surface area contributed by atoms with Gasteiger partial charge >= 0.3 is 6.18 Å². The Morgan fingerprint density at radius 1 is 1.33 bits per heavy atom. The average Bonchev–Trinajstić information content (AvgIpc) is 2.38.